The maximum Gasteiger partial charge on any atom is 0.270 e. The van der Waals surface area contributed by atoms with Crippen molar-refractivity contribution in [1.29, 1.82) is 0 Å². The number of nitrogens with zero attached hydrogens (tertiary/aromatic N) is 1. The molecule has 2 aromatic carbocycles. The summed E-state index contributed by atoms with van der Waals surface area (Å²) < 4.78 is 16.5. The smallest absolute Gasteiger partial charge is 0.270 e. The maximum absolute atomic E-state index is 13.3. The number of halogens is 1. The van der Waals surface area contributed by atoms with E-state index in [1.807, 2.05) is 6.92 Å². The molecule has 0 radical (unpaired) electrons. The Kier molecular flexibility index (Phi) is 5.36. The summed E-state index contributed by atoms with van der Waals surface area (Å²) >= 11 is 11.5. The summed E-state index contributed by atoms with van der Waals surface area (Å²) in [5, 5.41) is 3.04. The Morgan fingerprint density at radius 1 is 1.27 bits per heavy atom. The monoisotopic (exact) mass is 444 g/mol. The second-order valence-corrected chi connectivity index (χ2v) is 7.31. The number of benzene rings is 2. The zero-order chi connectivity index (χ0) is 21.4. The summed E-state index contributed by atoms with van der Waals surface area (Å²) in [5.74, 6) is 0.355. The van der Waals surface area contributed by atoms with E-state index in [0.717, 1.165) is 0 Å². The number of anilines is 1. The van der Waals surface area contributed by atoms with Gasteiger partial charge in [0, 0.05) is 16.7 Å². The summed E-state index contributed by atoms with van der Waals surface area (Å²) in [6, 6.07) is 8.49. The predicted molar refractivity (Wildman–Crippen MR) is 116 cm³/mol. The van der Waals surface area contributed by atoms with Crippen LogP contribution < -0.4 is 24.4 Å². The second kappa shape index (κ2) is 7.97. The molecule has 30 heavy (non-hydrogen) atoms. The first-order valence-corrected chi connectivity index (χ1v) is 9.92. The van der Waals surface area contributed by atoms with Crippen LogP contribution in [0.15, 0.2) is 35.9 Å². The van der Waals surface area contributed by atoms with Crippen LogP contribution in [0.25, 0.3) is 6.08 Å². The van der Waals surface area contributed by atoms with Gasteiger partial charge in [-0.05, 0) is 55.9 Å². The number of fused-ring (bicyclic) bond motifs is 1. The number of nitrogens with one attached hydrogen (secondary N) is 1. The van der Waals surface area contributed by atoms with Crippen molar-refractivity contribution in [3.63, 3.8) is 0 Å². The van der Waals surface area contributed by atoms with E-state index in [0.29, 0.717) is 45.7 Å². The number of carbonyl (C=O) groups is 2. The van der Waals surface area contributed by atoms with Gasteiger partial charge in [0.15, 0.2) is 16.6 Å². The molecule has 2 aromatic rings. The summed E-state index contributed by atoms with van der Waals surface area (Å²) in [7, 11) is 0. The van der Waals surface area contributed by atoms with Crippen molar-refractivity contribution >= 4 is 52.5 Å². The molecule has 0 unspecified atom stereocenters. The van der Waals surface area contributed by atoms with Gasteiger partial charge in [-0.3, -0.25) is 19.8 Å². The van der Waals surface area contributed by atoms with E-state index >= 15 is 0 Å². The molecule has 0 atom stereocenters. The lowest BCUT2D eigenvalue weighted by Crippen LogP contribution is -2.54. The van der Waals surface area contributed by atoms with Crippen molar-refractivity contribution in [2.45, 2.75) is 13.8 Å². The van der Waals surface area contributed by atoms with Gasteiger partial charge in [0.2, 0.25) is 6.79 Å². The molecule has 0 spiro atoms. The predicted octanol–water partition coefficient (Wildman–Crippen LogP) is 3.61. The molecule has 154 valence electrons. The third-order valence-electron chi connectivity index (χ3n) is 4.69. The molecule has 2 amide bonds. The Morgan fingerprint density at radius 3 is 2.73 bits per heavy atom. The first kappa shape index (κ1) is 20.2. The van der Waals surface area contributed by atoms with Gasteiger partial charge in [0.05, 0.1) is 12.3 Å². The molecule has 2 aliphatic rings. The fraction of sp³-hybridized carbons (Fsp3) is 0.190. The molecule has 1 fully saturated rings. The van der Waals surface area contributed by atoms with Crippen LogP contribution in [0.5, 0.6) is 17.2 Å². The molecule has 0 aromatic heterocycles. The lowest BCUT2D eigenvalue weighted by molar-refractivity contribution is -0.122. The third-order valence-corrected chi connectivity index (χ3v) is 5.38. The summed E-state index contributed by atoms with van der Waals surface area (Å²) in [6.07, 6.45) is 1.46. The highest BCUT2D eigenvalue weighted by molar-refractivity contribution is 7.80. The highest BCUT2D eigenvalue weighted by atomic mass is 35.5. The third kappa shape index (κ3) is 3.48. The van der Waals surface area contributed by atoms with Crippen molar-refractivity contribution in [2.75, 3.05) is 18.3 Å². The first-order chi connectivity index (χ1) is 14.4. The van der Waals surface area contributed by atoms with E-state index in [1.54, 1.807) is 37.3 Å². The van der Waals surface area contributed by atoms with Gasteiger partial charge < -0.3 is 14.2 Å². The fourth-order valence-electron chi connectivity index (χ4n) is 3.20. The quantitative estimate of drug-likeness (QED) is 0.441. The molecular formula is C21H17ClN2O5S. The summed E-state index contributed by atoms with van der Waals surface area (Å²) in [6.45, 7) is 4.10. The zero-order valence-electron chi connectivity index (χ0n) is 16.2. The van der Waals surface area contributed by atoms with E-state index in [4.69, 9.17) is 38.0 Å². The van der Waals surface area contributed by atoms with E-state index in [1.165, 1.54) is 11.0 Å². The minimum atomic E-state index is -0.596. The van der Waals surface area contributed by atoms with Gasteiger partial charge in [-0.2, -0.15) is 0 Å². The van der Waals surface area contributed by atoms with Crippen LogP contribution >= 0.6 is 23.8 Å². The summed E-state index contributed by atoms with van der Waals surface area (Å²) in [5.41, 5.74) is 1.58. The highest BCUT2D eigenvalue weighted by Gasteiger charge is 2.35. The standard InChI is InChI=1S/C21H17ClN2O5S/c1-3-27-16-9-18-17(28-10-29-18)8-12(16)7-13-19(25)23-21(30)24(20(13)26)15-6-4-5-14(22)11(15)2/h4-9H,3,10H2,1-2H3,(H,23,25,30). The van der Waals surface area contributed by atoms with Crippen LogP contribution in [0.2, 0.25) is 5.02 Å². The van der Waals surface area contributed by atoms with Crippen LogP contribution in [0.4, 0.5) is 5.69 Å². The molecular weight excluding hydrogens is 428 g/mol. The Morgan fingerprint density at radius 2 is 2.00 bits per heavy atom. The van der Waals surface area contributed by atoms with Crippen molar-refractivity contribution in [1.82, 2.24) is 5.32 Å². The van der Waals surface area contributed by atoms with Crippen molar-refractivity contribution < 1.29 is 23.8 Å². The van der Waals surface area contributed by atoms with Crippen molar-refractivity contribution in [3.8, 4) is 17.2 Å². The number of amides is 2. The molecule has 2 heterocycles. The van der Waals surface area contributed by atoms with E-state index in [2.05, 4.69) is 5.32 Å². The molecule has 2 aliphatic heterocycles. The number of hydrogen-bond acceptors (Lipinski definition) is 6. The van der Waals surface area contributed by atoms with E-state index < -0.39 is 11.8 Å². The molecule has 0 bridgehead atoms. The fourth-order valence-corrected chi connectivity index (χ4v) is 3.65. The van der Waals surface area contributed by atoms with Crippen LogP contribution in [0.1, 0.15) is 18.1 Å². The van der Waals surface area contributed by atoms with Gasteiger partial charge in [-0.25, -0.2) is 0 Å². The van der Waals surface area contributed by atoms with E-state index in [-0.39, 0.29) is 17.5 Å². The van der Waals surface area contributed by atoms with Crippen LogP contribution in [-0.2, 0) is 9.59 Å². The van der Waals surface area contributed by atoms with Gasteiger partial charge in [-0.15, -0.1) is 0 Å². The Hall–Kier alpha value is -3.10. The number of ether oxygens (including phenoxy) is 3. The number of rotatable bonds is 4. The van der Waals surface area contributed by atoms with Gasteiger partial charge in [0.25, 0.3) is 11.8 Å². The zero-order valence-corrected chi connectivity index (χ0v) is 17.7. The van der Waals surface area contributed by atoms with Crippen molar-refractivity contribution in [2.24, 2.45) is 0 Å². The van der Waals surface area contributed by atoms with Crippen molar-refractivity contribution in [3.05, 3.63) is 52.1 Å². The van der Waals surface area contributed by atoms with Gasteiger partial charge in [0.1, 0.15) is 11.3 Å². The molecule has 0 aliphatic carbocycles. The second-order valence-electron chi connectivity index (χ2n) is 6.52. The van der Waals surface area contributed by atoms with Gasteiger partial charge >= 0.3 is 0 Å². The average molecular weight is 445 g/mol. The van der Waals surface area contributed by atoms with E-state index in [9.17, 15) is 9.59 Å². The minimum Gasteiger partial charge on any atom is -0.493 e. The molecule has 4 rings (SSSR count). The number of carbonyl (C=O) groups excluding carboxylic acids is 2. The Bertz CT molecular complexity index is 1110. The molecule has 1 saturated heterocycles. The molecule has 9 heteroatoms. The minimum absolute atomic E-state index is 0.0109. The SMILES string of the molecule is CCOc1cc2c(cc1C=C1C(=O)NC(=S)N(c3cccc(Cl)c3C)C1=O)OCO2. The highest BCUT2D eigenvalue weighted by Crippen LogP contribution is 2.39. The normalized spacial score (nSPS) is 16.8. The number of hydrogen-bond donors (Lipinski definition) is 1. The topological polar surface area (TPSA) is 77.1 Å². The number of thiocarbonyl (C=S) groups is 1. The first-order valence-electron chi connectivity index (χ1n) is 9.13. The van der Waals surface area contributed by atoms with Crippen LogP contribution in [0.3, 0.4) is 0 Å². The summed E-state index contributed by atoms with van der Waals surface area (Å²) in [4.78, 5) is 27.2. The molecule has 7 nitrogen and oxygen atoms in total. The lowest BCUT2D eigenvalue weighted by Gasteiger charge is -2.30. The molecule has 0 saturated carbocycles. The van der Waals surface area contributed by atoms with Gasteiger partial charge in [-0.1, -0.05) is 17.7 Å². The largest absolute Gasteiger partial charge is 0.493 e. The lowest BCUT2D eigenvalue weighted by atomic mass is 10.0. The van der Waals surface area contributed by atoms with Crippen LogP contribution in [0, 0.1) is 6.92 Å². The Balaban J connectivity index is 1.80. The maximum atomic E-state index is 13.3. The average Bonchev–Trinajstić information content (AvgIpc) is 3.15. The Labute approximate surface area is 183 Å². The van der Waals surface area contributed by atoms with Crippen LogP contribution in [-0.4, -0.2) is 30.3 Å². The molecule has 1 N–H and O–H groups in total.